The Morgan fingerprint density at radius 2 is 1.88 bits per heavy atom. The van der Waals surface area contributed by atoms with Gasteiger partial charge in [0, 0.05) is 21.2 Å². The van der Waals surface area contributed by atoms with Gasteiger partial charge in [0.25, 0.3) is 0 Å². The van der Waals surface area contributed by atoms with Crippen LogP contribution < -0.4 is 15.4 Å². The number of ether oxygens (including phenoxy) is 1. The summed E-state index contributed by atoms with van der Waals surface area (Å²) < 4.78 is 7.48. The van der Waals surface area contributed by atoms with Crippen LogP contribution in [0.25, 0.3) is 0 Å². The summed E-state index contributed by atoms with van der Waals surface area (Å²) in [6.07, 6.45) is 0.680. The molecular weight excluding hydrogens is 459 g/mol. The summed E-state index contributed by atoms with van der Waals surface area (Å²) >= 11 is 12.8. The zero-order chi connectivity index (χ0) is 17.5. The average molecular weight is 477 g/mol. The van der Waals surface area contributed by atoms with Crippen molar-refractivity contribution < 1.29 is 9.53 Å². The van der Waals surface area contributed by atoms with Crippen LogP contribution in [0.3, 0.4) is 0 Å². The Kier molecular flexibility index (Phi) is 7.40. The molecule has 0 aliphatic rings. The standard InChI is InChI=1S/C17H17Br2ClN2O2/c1-11-9-12(18)3-5-15(11)22-17(23)21-7-2-8-24-16-6-4-13(19)10-14(16)20/h3-6,9-10H,2,7-8H2,1H3,(H2,21,22,23). The highest BCUT2D eigenvalue weighted by molar-refractivity contribution is 9.10. The third kappa shape index (κ3) is 6.00. The number of carbonyl (C=O) groups excluding carboxylic acids is 1. The Bertz CT molecular complexity index is 726. The van der Waals surface area contributed by atoms with Gasteiger partial charge in [-0.25, -0.2) is 4.79 Å². The van der Waals surface area contributed by atoms with Crippen molar-refractivity contribution in [2.24, 2.45) is 0 Å². The molecule has 0 fully saturated rings. The Morgan fingerprint density at radius 1 is 1.17 bits per heavy atom. The van der Waals surface area contributed by atoms with Gasteiger partial charge in [0.1, 0.15) is 5.75 Å². The molecule has 0 radical (unpaired) electrons. The van der Waals surface area contributed by atoms with Gasteiger partial charge in [0.2, 0.25) is 0 Å². The number of carbonyl (C=O) groups is 1. The Morgan fingerprint density at radius 3 is 2.58 bits per heavy atom. The lowest BCUT2D eigenvalue weighted by molar-refractivity contribution is 0.250. The van der Waals surface area contributed by atoms with E-state index < -0.39 is 0 Å². The van der Waals surface area contributed by atoms with Crippen LogP contribution in [0.2, 0.25) is 5.02 Å². The van der Waals surface area contributed by atoms with Gasteiger partial charge in [0.05, 0.1) is 11.6 Å². The number of anilines is 1. The predicted molar refractivity (Wildman–Crippen MR) is 105 cm³/mol. The SMILES string of the molecule is Cc1cc(Br)ccc1NC(=O)NCCCOc1ccc(Br)cc1Cl. The summed E-state index contributed by atoms with van der Waals surface area (Å²) in [6, 6.07) is 10.9. The van der Waals surface area contributed by atoms with E-state index in [1.807, 2.05) is 37.3 Å². The van der Waals surface area contributed by atoms with E-state index in [0.717, 1.165) is 20.2 Å². The van der Waals surface area contributed by atoms with E-state index >= 15 is 0 Å². The quantitative estimate of drug-likeness (QED) is 0.521. The number of benzene rings is 2. The molecule has 2 aromatic carbocycles. The number of rotatable bonds is 6. The number of amides is 2. The van der Waals surface area contributed by atoms with Crippen LogP contribution in [-0.2, 0) is 0 Å². The normalized spacial score (nSPS) is 10.3. The second-order valence-corrected chi connectivity index (χ2v) is 7.36. The second-order valence-electron chi connectivity index (χ2n) is 5.12. The van der Waals surface area contributed by atoms with Crippen molar-refractivity contribution in [2.45, 2.75) is 13.3 Å². The first kappa shape index (κ1) is 19.1. The molecular formula is C17H17Br2ClN2O2. The maximum Gasteiger partial charge on any atom is 0.319 e. The number of hydrogen-bond donors (Lipinski definition) is 2. The zero-order valence-corrected chi connectivity index (χ0v) is 17.0. The fraction of sp³-hybridized carbons (Fsp3) is 0.235. The minimum atomic E-state index is -0.234. The maximum absolute atomic E-state index is 11.9. The molecule has 2 amide bonds. The lowest BCUT2D eigenvalue weighted by Crippen LogP contribution is -2.30. The van der Waals surface area contributed by atoms with Gasteiger partial charge in [-0.3, -0.25) is 0 Å². The predicted octanol–water partition coefficient (Wildman–Crippen LogP) is 5.76. The molecule has 0 aliphatic heterocycles. The third-order valence-electron chi connectivity index (χ3n) is 3.19. The fourth-order valence-electron chi connectivity index (χ4n) is 1.98. The van der Waals surface area contributed by atoms with E-state index in [0.29, 0.717) is 30.3 Å². The number of urea groups is 1. The summed E-state index contributed by atoms with van der Waals surface area (Å²) in [5.74, 6) is 0.634. The molecule has 7 heteroatoms. The van der Waals surface area contributed by atoms with Crippen molar-refractivity contribution >= 4 is 55.2 Å². The number of aryl methyl sites for hydroxylation is 1. The molecule has 0 unspecified atom stereocenters. The summed E-state index contributed by atoms with van der Waals surface area (Å²) in [5, 5.41) is 6.18. The molecule has 128 valence electrons. The monoisotopic (exact) mass is 474 g/mol. The van der Waals surface area contributed by atoms with Crippen molar-refractivity contribution in [3.05, 3.63) is 55.9 Å². The Labute approximate surface area is 163 Å². The van der Waals surface area contributed by atoms with Gasteiger partial charge >= 0.3 is 6.03 Å². The maximum atomic E-state index is 11.9. The molecule has 0 saturated heterocycles. The first-order valence-corrected chi connectivity index (χ1v) is 9.31. The van der Waals surface area contributed by atoms with E-state index in [1.165, 1.54) is 0 Å². The smallest absolute Gasteiger partial charge is 0.319 e. The van der Waals surface area contributed by atoms with Crippen molar-refractivity contribution in [1.82, 2.24) is 5.32 Å². The topological polar surface area (TPSA) is 50.4 Å². The van der Waals surface area contributed by atoms with Gasteiger partial charge in [0.15, 0.2) is 0 Å². The molecule has 24 heavy (non-hydrogen) atoms. The van der Waals surface area contributed by atoms with Gasteiger partial charge in [-0.15, -0.1) is 0 Å². The zero-order valence-electron chi connectivity index (χ0n) is 13.0. The molecule has 0 saturated carbocycles. The highest BCUT2D eigenvalue weighted by Crippen LogP contribution is 2.27. The van der Waals surface area contributed by atoms with Gasteiger partial charge in [-0.1, -0.05) is 43.5 Å². The van der Waals surface area contributed by atoms with Crippen LogP contribution in [0.4, 0.5) is 10.5 Å². The molecule has 0 heterocycles. The van der Waals surface area contributed by atoms with Crippen LogP contribution in [0.1, 0.15) is 12.0 Å². The summed E-state index contributed by atoms with van der Waals surface area (Å²) in [5.41, 5.74) is 1.78. The molecule has 2 rings (SSSR count). The minimum absolute atomic E-state index is 0.234. The first-order chi connectivity index (χ1) is 11.5. The Balaban J connectivity index is 1.69. The highest BCUT2D eigenvalue weighted by atomic mass is 79.9. The van der Waals surface area contributed by atoms with E-state index in [4.69, 9.17) is 16.3 Å². The number of halogens is 3. The molecule has 2 N–H and O–H groups in total. The second kappa shape index (κ2) is 9.30. The van der Waals surface area contributed by atoms with Gasteiger partial charge in [-0.05, 0) is 55.3 Å². The highest BCUT2D eigenvalue weighted by Gasteiger charge is 2.05. The van der Waals surface area contributed by atoms with E-state index in [1.54, 1.807) is 6.07 Å². The van der Waals surface area contributed by atoms with Crippen LogP contribution >= 0.6 is 43.5 Å². The van der Waals surface area contributed by atoms with E-state index in [9.17, 15) is 4.79 Å². The van der Waals surface area contributed by atoms with Crippen molar-refractivity contribution in [3.8, 4) is 5.75 Å². The Hall–Kier alpha value is -1.24. The summed E-state index contributed by atoms with van der Waals surface area (Å²) in [7, 11) is 0. The molecule has 2 aromatic rings. The molecule has 0 atom stereocenters. The summed E-state index contributed by atoms with van der Waals surface area (Å²) in [4.78, 5) is 11.9. The molecule has 0 aliphatic carbocycles. The van der Waals surface area contributed by atoms with Crippen molar-refractivity contribution in [3.63, 3.8) is 0 Å². The van der Waals surface area contributed by atoms with Crippen LogP contribution in [0, 0.1) is 6.92 Å². The lowest BCUT2D eigenvalue weighted by atomic mass is 10.2. The fourth-order valence-corrected chi connectivity index (χ4v) is 3.19. The van der Waals surface area contributed by atoms with Gasteiger partial charge in [-0.2, -0.15) is 0 Å². The minimum Gasteiger partial charge on any atom is -0.492 e. The summed E-state index contributed by atoms with van der Waals surface area (Å²) in [6.45, 7) is 2.92. The third-order valence-corrected chi connectivity index (χ3v) is 4.48. The lowest BCUT2D eigenvalue weighted by Gasteiger charge is -2.11. The van der Waals surface area contributed by atoms with Crippen LogP contribution in [0.5, 0.6) is 5.75 Å². The van der Waals surface area contributed by atoms with E-state index in [2.05, 4.69) is 42.5 Å². The van der Waals surface area contributed by atoms with Crippen molar-refractivity contribution in [2.75, 3.05) is 18.5 Å². The average Bonchev–Trinajstić information content (AvgIpc) is 2.51. The number of hydrogen-bond acceptors (Lipinski definition) is 2. The molecule has 4 nitrogen and oxygen atoms in total. The van der Waals surface area contributed by atoms with Gasteiger partial charge < -0.3 is 15.4 Å². The van der Waals surface area contributed by atoms with Crippen LogP contribution in [-0.4, -0.2) is 19.2 Å². The first-order valence-electron chi connectivity index (χ1n) is 7.34. The molecule has 0 spiro atoms. The van der Waals surface area contributed by atoms with Crippen LogP contribution in [0.15, 0.2) is 45.3 Å². The largest absolute Gasteiger partial charge is 0.492 e. The van der Waals surface area contributed by atoms with Crippen molar-refractivity contribution in [1.29, 1.82) is 0 Å². The number of nitrogens with one attached hydrogen (secondary N) is 2. The molecule has 0 aromatic heterocycles. The molecule has 0 bridgehead atoms. The van der Waals surface area contributed by atoms with E-state index in [-0.39, 0.29) is 6.03 Å².